The minimum absolute atomic E-state index is 0.0464. The summed E-state index contributed by atoms with van der Waals surface area (Å²) in [6.07, 6.45) is 6.20. The molecule has 2 saturated carbocycles. The lowest BCUT2D eigenvalue weighted by Gasteiger charge is -2.37. The molecule has 3 unspecified atom stereocenters. The van der Waals surface area contributed by atoms with Crippen molar-refractivity contribution in [2.75, 3.05) is 0 Å². The van der Waals surface area contributed by atoms with Crippen molar-refractivity contribution in [2.24, 2.45) is 17.8 Å². The second-order valence-corrected chi connectivity index (χ2v) is 5.00. The predicted octanol–water partition coefficient (Wildman–Crippen LogP) is 2.25. The minimum Gasteiger partial charge on any atom is -0.481 e. The van der Waals surface area contributed by atoms with Crippen molar-refractivity contribution >= 4 is 11.8 Å². The van der Waals surface area contributed by atoms with Gasteiger partial charge >= 0.3 is 5.97 Å². The number of carboxylic acids is 1. The highest BCUT2D eigenvalue weighted by molar-refractivity contribution is 5.84. The molecule has 2 fully saturated rings. The predicted molar refractivity (Wildman–Crippen MR) is 55.4 cm³/mol. The number of Topliss-reactive ketones (excluding diaryl/α,β-unsaturated/α-hetero) is 1. The smallest absolute Gasteiger partial charge is 0.303 e. The van der Waals surface area contributed by atoms with E-state index in [0.29, 0.717) is 18.1 Å². The van der Waals surface area contributed by atoms with Gasteiger partial charge < -0.3 is 5.11 Å². The van der Waals surface area contributed by atoms with Crippen LogP contribution in [0.2, 0.25) is 0 Å². The van der Waals surface area contributed by atoms with E-state index in [0.717, 1.165) is 19.3 Å². The fourth-order valence-corrected chi connectivity index (χ4v) is 3.17. The van der Waals surface area contributed by atoms with Crippen molar-refractivity contribution in [1.29, 1.82) is 0 Å². The molecule has 0 aromatic carbocycles. The van der Waals surface area contributed by atoms with Crippen LogP contribution in [0.1, 0.15) is 44.9 Å². The second kappa shape index (κ2) is 4.33. The molecule has 1 N–H and O–H groups in total. The quantitative estimate of drug-likeness (QED) is 0.777. The van der Waals surface area contributed by atoms with Crippen molar-refractivity contribution < 1.29 is 14.7 Å². The van der Waals surface area contributed by atoms with Crippen molar-refractivity contribution in [3.05, 3.63) is 0 Å². The zero-order valence-electron chi connectivity index (χ0n) is 8.95. The van der Waals surface area contributed by atoms with Gasteiger partial charge in [-0.15, -0.1) is 0 Å². The molecule has 0 aromatic heterocycles. The molecule has 3 nitrogen and oxygen atoms in total. The van der Waals surface area contributed by atoms with E-state index >= 15 is 0 Å². The number of carbonyl (C=O) groups is 2. The molecule has 0 saturated heterocycles. The Balaban J connectivity index is 1.94. The number of carbonyl (C=O) groups excluding carboxylic acids is 1. The van der Waals surface area contributed by atoms with Crippen LogP contribution in [0.15, 0.2) is 0 Å². The number of ketones is 1. The van der Waals surface area contributed by atoms with Crippen molar-refractivity contribution in [1.82, 2.24) is 0 Å². The number of aliphatic carboxylic acids is 1. The summed E-state index contributed by atoms with van der Waals surface area (Å²) in [5.41, 5.74) is 0. The van der Waals surface area contributed by atoms with E-state index in [1.807, 2.05) is 0 Å². The molecule has 0 amide bonds. The van der Waals surface area contributed by atoms with Gasteiger partial charge in [0.05, 0.1) is 0 Å². The van der Waals surface area contributed by atoms with Gasteiger partial charge in [-0.1, -0.05) is 12.8 Å². The largest absolute Gasteiger partial charge is 0.481 e. The lowest BCUT2D eigenvalue weighted by atomic mass is 9.66. The van der Waals surface area contributed by atoms with Gasteiger partial charge in [0.1, 0.15) is 5.78 Å². The molecule has 0 aromatic rings. The van der Waals surface area contributed by atoms with E-state index < -0.39 is 5.97 Å². The van der Waals surface area contributed by atoms with Gasteiger partial charge in [0.2, 0.25) is 0 Å². The molecule has 2 bridgehead atoms. The molecule has 3 atom stereocenters. The molecule has 2 aliphatic rings. The molecule has 3 heteroatoms. The molecular weight excluding hydrogens is 192 g/mol. The maximum absolute atomic E-state index is 12.0. The standard InChI is InChI=1S/C12H18O3/c13-11(14)5-4-10-7-8-2-1-3-9(6-8)12(10)15/h8-10H,1-7H2,(H,13,14). The van der Waals surface area contributed by atoms with Gasteiger partial charge in [0.15, 0.2) is 0 Å². The first-order valence-corrected chi connectivity index (χ1v) is 5.92. The number of carboxylic acid groups (broad SMARTS) is 1. The summed E-state index contributed by atoms with van der Waals surface area (Å²) in [4.78, 5) is 22.4. The monoisotopic (exact) mass is 210 g/mol. The van der Waals surface area contributed by atoms with Crippen LogP contribution < -0.4 is 0 Å². The van der Waals surface area contributed by atoms with Crippen molar-refractivity contribution in [3.8, 4) is 0 Å². The Morgan fingerprint density at radius 1 is 1.33 bits per heavy atom. The Kier molecular flexibility index (Phi) is 3.08. The van der Waals surface area contributed by atoms with Gasteiger partial charge in [-0.25, -0.2) is 0 Å². The van der Waals surface area contributed by atoms with Crippen LogP contribution in [-0.4, -0.2) is 16.9 Å². The first-order valence-electron chi connectivity index (χ1n) is 5.92. The Hall–Kier alpha value is -0.860. The summed E-state index contributed by atoms with van der Waals surface area (Å²) >= 11 is 0. The molecule has 0 heterocycles. The second-order valence-electron chi connectivity index (χ2n) is 5.00. The van der Waals surface area contributed by atoms with Gasteiger partial charge in [-0.3, -0.25) is 9.59 Å². The van der Waals surface area contributed by atoms with Crippen LogP contribution in [0.25, 0.3) is 0 Å². The third kappa shape index (κ3) is 2.39. The summed E-state index contributed by atoms with van der Waals surface area (Å²) in [5, 5.41) is 8.62. The maximum atomic E-state index is 12.0. The highest BCUT2D eigenvalue weighted by Gasteiger charge is 2.38. The Bertz CT molecular complexity index is 272. The summed E-state index contributed by atoms with van der Waals surface area (Å²) in [7, 11) is 0. The molecule has 84 valence electrons. The van der Waals surface area contributed by atoms with Gasteiger partial charge in [-0.2, -0.15) is 0 Å². The lowest BCUT2D eigenvalue weighted by Crippen LogP contribution is -2.36. The highest BCUT2D eigenvalue weighted by Crippen LogP contribution is 2.41. The summed E-state index contributed by atoms with van der Waals surface area (Å²) in [5.74, 6) is 0.576. The minimum atomic E-state index is -0.779. The fraction of sp³-hybridized carbons (Fsp3) is 0.833. The molecule has 0 aliphatic heterocycles. The van der Waals surface area contributed by atoms with Crippen molar-refractivity contribution in [2.45, 2.75) is 44.9 Å². The lowest BCUT2D eigenvalue weighted by molar-refractivity contribution is -0.138. The summed E-state index contributed by atoms with van der Waals surface area (Å²) < 4.78 is 0. The zero-order chi connectivity index (χ0) is 10.8. The van der Waals surface area contributed by atoms with Gasteiger partial charge in [0.25, 0.3) is 0 Å². The summed E-state index contributed by atoms with van der Waals surface area (Å²) in [6.45, 7) is 0. The summed E-state index contributed by atoms with van der Waals surface area (Å²) in [6, 6.07) is 0. The van der Waals surface area contributed by atoms with E-state index in [-0.39, 0.29) is 18.3 Å². The van der Waals surface area contributed by atoms with Crippen LogP contribution in [0.3, 0.4) is 0 Å². The number of rotatable bonds is 3. The Morgan fingerprint density at radius 3 is 2.87 bits per heavy atom. The van der Waals surface area contributed by atoms with E-state index in [4.69, 9.17) is 5.11 Å². The van der Waals surface area contributed by atoms with Crippen LogP contribution in [0.4, 0.5) is 0 Å². The van der Waals surface area contributed by atoms with E-state index in [1.54, 1.807) is 0 Å². The molecule has 15 heavy (non-hydrogen) atoms. The molecule has 0 spiro atoms. The fourth-order valence-electron chi connectivity index (χ4n) is 3.17. The van der Waals surface area contributed by atoms with Crippen LogP contribution in [0.5, 0.6) is 0 Å². The Labute approximate surface area is 89.9 Å². The number of hydrogen-bond acceptors (Lipinski definition) is 2. The third-order valence-corrected chi connectivity index (χ3v) is 3.91. The van der Waals surface area contributed by atoms with Crippen molar-refractivity contribution in [3.63, 3.8) is 0 Å². The number of hydrogen-bond donors (Lipinski definition) is 1. The van der Waals surface area contributed by atoms with Gasteiger partial charge in [-0.05, 0) is 31.6 Å². The topological polar surface area (TPSA) is 54.4 Å². The normalized spacial score (nSPS) is 35.2. The van der Waals surface area contributed by atoms with E-state index in [2.05, 4.69) is 0 Å². The maximum Gasteiger partial charge on any atom is 0.303 e. The first-order chi connectivity index (χ1) is 7.16. The van der Waals surface area contributed by atoms with Crippen LogP contribution >= 0.6 is 0 Å². The first kappa shape index (κ1) is 10.7. The van der Waals surface area contributed by atoms with E-state index in [9.17, 15) is 9.59 Å². The average molecular weight is 210 g/mol. The molecule has 2 aliphatic carbocycles. The van der Waals surface area contributed by atoms with Crippen LogP contribution in [0, 0.1) is 17.8 Å². The van der Waals surface area contributed by atoms with E-state index in [1.165, 1.54) is 12.8 Å². The molecule has 0 radical (unpaired) electrons. The van der Waals surface area contributed by atoms with Gasteiger partial charge in [0, 0.05) is 18.3 Å². The highest BCUT2D eigenvalue weighted by atomic mass is 16.4. The molecule has 2 rings (SSSR count). The molecular formula is C12H18O3. The Morgan fingerprint density at radius 2 is 2.13 bits per heavy atom. The third-order valence-electron chi connectivity index (χ3n) is 3.91. The zero-order valence-corrected chi connectivity index (χ0v) is 8.95. The average Bonchev–Trinajstić information content (AvgIpc) is 2.22. The SMILES string of the molecule is O=C(O)CCC1CC2CCCC(C2)C1=O. The van der Waals surface area contributed by atoms with Crippen LogP contribution in [-0.2, 0) is 9.59 Å². The number of fused-ring (bicyclic) bond motifs is 2.